The van der Waals surface area contributed by atoms with Crippen LogP contribution in [0.4, 0.5) is 5.95 Å². The molecule has 2 unspecified atom stereocenters. The van der Waals surface area contributed by atoms with Crippen molar-refractivity contribution in [1.82, 2.24) is 9.97 Å². The maximum Gasteiger partial charge on any atom is 0.226 e. The number of aromatic nitrogens is 2. The van der Waals surface area contributed by atoms with Gasteiger partial charge >= 0.3 is 0 Å². The first kappa shape index (κ1) is 13.1. The lowest BCUT2D eigenvalue weighted by atomic mass is 10.0. The van der Waals surface area contributed by atoms with Gasteiger partial charge in [0, 0.05) is 24.9 Å². The summed E-state index contributed by atoms with van der Waals surface area (Å²) in [4.78, 5) is 8.57. The van der Waals surface area contributed by atoms with Crippen molar-refractivity contribution in [3.8, 4) is 5.88 Å². The van der Waals surface area contributed by atoms with Gasteiger partial charge in [-0.15, -0.1) is 0 Å². The summed E-state index contributed by atoms with van der Waals surface area (Å²) in [6.07, 6.45) is 4.11. The Balaban J connectivity index is 1.96. The van der Waals surface area contributed by atoms with E-state index in [0.717, 1.165) is 19.4 Å². The van der Waals surface area contributed by atoms with Crippen LogP contribution in [0.15, 0.2) is 12.3 Å². The van der Waals surface area contributed by atoms with Gasteiger partial charge in [0.1, 0.15) is 0 Å². The molecule has 1 fully saturated rings. The Kier molecular flexibility index (Phi) is 4.36. The molecule has 0 aliphatic carbocycles. The second kappa shape index (κ2) is 6.00. The third-order valence-electron chi connectivity index (χ3n) is 2.80. The third kappa shape index (κ3) is 3.84. The maximum absolute atomic E-state index is 5.55. The first-order valence-electron chi connectivity index (χ1n) is 6.51. The Labute approximate surface area is 108 Å². The molecule has 0 spiro atoms. The molecule has 1 aliphatic rings. The molecule has 100 valence electrons. The fraction of sp³-hybridized carbons (Fsp3) is 0.692. The Morgan fingerprint density at radius 2 is 2.33 bits per heavy atom. The van der Waals surface area contributed by atoms with E-state index in [1.807, 2.05) is 13.8 Å². The zero-order valence-electron chi connectivity index (χ0n) is 11.2. The highest BCUT2D eigenvalue weighted by molar-refractivity contribution is 5.29. The van der Waals surface area contributed by atoms with Crippen LogP contribution >= 0.6 is 0 Å². The largest absolute Gasteiger partial charge is 0.475 e. The molecule has 0 bridgehead atoms. The minimum atomic E-state index is 0.121. The van der Waals surface area contributed by atoms with Gasteiger partial charge in [-0.2, -0.15) is 4.98 Å². The summed E-state index contributed by atoms with van der Waals surface area (Å²) >= 11 is 0. The van der Waals surface area contributed by atoms with Crippen molar-refractivity contribution in [2.75, 3.05) is 11.9 Å². The van der Waals surface area contributed by atoms with Crippen LogP contribution in [-0.2, 0) is 4.74 Å². The summed E-state index contributed by atoms with van der Waals surface area (Å²) in [6, 6.07) is 2.15. The minimum absolute atomic E-state index is 0.121. The SMILES string of the molecule is CC(C)Oc1ccnc(NC2CCOC(C)C2)n1. The first-order valence-corrected chi connectivity index (χ1v) is 6.51. The van der Waals surface area contributed by atoms with Crippen LogP contribution in [-0.4, -0.2) is 34.8 Å². The molecule has 2 heterocycles. The van der Waals surface area contributed by atoms with Crippen LogP contribution in [0.1, 0.15) is 33.6 Å². The Bertz CT molecular complexity index is 384. The standard InChI is InChI=1S/C13H21N3O2/c1-9(2)18-12-4-6-14-13(16-12)15-11-5-7-17-10(3)8-11/h4,6,9-11H,5,7-8H2,1-3H3,(H,14,15,16). The van der Waals surface area contributed by atoms with Crippen LogP contribution in [0, 0.1) is 0 Å². The van der Waals surface area contributed by atoms with Gasteiger partial charge in [-0.1, -0.05) is 0 Å². The smallest absolute Gasteiger partial charge is 0.226 e. The molecule has 5 nitrogen and oxygen atoms in total. The van der Waals surface area contributed by atoms with Gasteiger partial charge < -0.3 is 14.8 Å². The van der Waals surface area contributed by atoms with Gasteiger partial charge in [0.2, 0.25) is 11.8 Å². The van der Waals surface area contributed by atoms with E-state index in [1.165, 1.54) is 0 Å². The highest BCUT2D eigenvalue weighted by atomic mass is 16.5. The van der Waals surface area contributed by atoms with Crippen molar-refractivity contribution in [1.29, 1.82) is 0 Å². The fourth-order valence-corrected chi connectivity index (χ4v) is 2.03. The summed E-state index contributed by atoms with van der Waals surface area (Å²) in [7, 11) is 0. The maximum atomic E-state index is 5.55. The summed E-state index contributed by atoms with van der Waals surface area (Å²) in [5.74, 6) is 1.25. The molecule has 0 aromatic carbocycles. The molecule has 1 N–H and O–H groups in total. The first-order chi connectivity index (χ1) is 8.63. The molecule has 0 amide bonds. The average Bonchev–Trinajstić information content (AvgIpc) is 2.28. The highest BCUT2D eigenvalue weighted by Crippen LogP contribution is 2.18. The third-order valence-corrected chi connectivity index (χ3v) is 2.80. The Morgan fingerprint density at radius 1 is 1.50 bits per heavy atom. The van der Waals surface area contributed by atoms with Crippen molar-refractivity contribution in [3.63, 3.8) is 0 Å². The monoisotopic (exact) mass is 251 g/mol. The van der Waals surface area contributed by atoms with Crippen molar-refractivity contribution in [3.05, 3.63) is 12.3 Å². The second-order valence-electron chi connectivity index (χ2n) is 4.93. The summed E-state index contributed by atoms with van der Waals surface area (Å²) in [5, 5.41) is 3.34. The number of ether oxygens (including phenoxy) is 2. The summed E-state index contributed by atoms with van der Waals surface area (Å²) in [6.45, 7) is 6.85. The van der Waals surface area contributed by atoms with Crippen molar-refractivity contribution in [2.45, 2.75) is 51.9 Å². The van der Waals surface area contributed by atoms with Crippen LogP contribution in [0.25, 0.3) is 0 Å². The Hall–Kier alpha value is -1.36. The lowest BCUT2D eigenvalue weighted by Gasteiger charge is -2.27. The van der Waals surface area contributed by atoms with Gasteiger partial charge in [-0.05, 0) is 33.6 Å². The van der Waals surface area contributed by atoms with E-state index >= 15 is 0 Å². The fourth-order valence-electron chi connectivity index (χ4n) is 2.03. The summed E-state index contributed by atoms with van der Waals surface area (Å²) < 4.78 is 11.1. The van der Waals surface area contributed by atoms with Crippen LogP contribution in [0.3, 0.4) is 0 Å². The predicted molar refractivity (Wildman–Crippen MR) is 69.9 cm³/mol. The molecule has 1 saturated heterocycles. The van der Waals surface area contributed by atoms with E-state index in [4.69, 9.17) is 9.47 Å². The molecular formula is C13H21N3O2. The molecule has 0 radical (unpaired) electrons. The topological polar surface area (TPSA) is 56.3 Å². The van der Waals surface area contributed by atoms with E-state index in [9.17, 15) is 0 Å². The van der Waals surface area contributed by atoms with Crippen molar-refractivity contribution in [2.24, 2.45) is 0 Å². The van der Waals surface area contributed by atoms with E-state index in [-0.39, 0.29) is 6.10 Å². The average molecular weight is 251 g/mol. The molecule has 1 aromatic heterocycles. The quantitative estimate of drug-likeness (QED) is 0.889. The normalized spacial score (nSPS) is 24.0. The number of hydrogen-bond acceptors (Lipinski definition) is 5. The minimum Gasteiger partial charge on any atom is -0.475 e. The predicted octanol–water partition coefficient (Wildman–Crippen LogP) is 2.24. The van der Waals surface area contributed by atoms with Crippen molar-refractivity contribution < 1.29 is 9.47 Å². The molecule has 0 saturated carbocycles. The second-order valence-corrected chi connectivity index (χ2v) is 4.93. The number of nitrogens with zero attached hydrogens (tertiary/aromatic N) is 2. The number of rotatable bonds is 4. The lowest BCUT2D eigenvalue weighted by Crippen LogP contribution is -2.33. The molecular weight excluding hydrogens is 230 g/mol. The zero-order valence-corrected chi connectivity index (χ0v) is 11.2. The molecule has 18 heavy (non-hydrogen) atoms. The van der Waals surface area contributed by atoms with E-state index in [1.54, 1.807) is 12.3 Å². The summed E-state index contributed by atoms with van der Waals surface area (Å²) in [5.41, 5.74) is 0. The van der Waals surface area contributed by atoms with E-state index in [2.05, 4.69) is 22.2 Å². The lowest BCUT2D eigenvalue weighted by molar-refractivity contribution is 0.0231. The number of hydrogen-bond donors (Lipinski definition) is 1. The molecule has 2 rings (SSSR count). The molecule has 1 aliphatic heterocycles. The highest BCUT2D eigenvalue weighted by Gasteiger charge is 2.19. The van der Waals surface area contributed by atoms with E-state index < -0.39 is 0 Å². The molecule has 2 atom stereocenters. The van der Waals surface area contributed by atoms with Crippen LogP contribution in [0.2, 0.25) is 0 Å². The van der Waals surface area contributed by atoms with Crippen LogP contribution < -0.4 is 10.1 Å². The van der Waals surface area contributed by atoms with Gasteiger partial charge in [0.15, 0.2) is 0 Å². The van der Waals surface area contributed by atoms with Crippen LogP contribution in [0.5, 0.6) is 5.88 Å². The van der Waals surface area contributed by atoms with Gasteiger partial charge in [-0.25, -0.2) is 4.98 Å². The molecule has 1 aromatic rings. The number of nitrogens with one attached hydrogen (secondary N) is 1. The van der Waals surface area contributed by atoms with E-state index in [0.29, 0.717) is 24.0 Å². The van der Waals surface area contributed by atoms with Gasteiger partial charge in [0.25, 0.3) is 0 Å². The number of anilines is 1. The Morgan fingerprint density at radius 3 is 3.06 bits per heavy atom. The van der Waals surface area contributed by atoms with Crippen molar-refractivity contribution >= 4 is 5.95 Å². The van der Waals surface area contributed by atoms with Gasteiger partial charge in [-0.3, -0.25) is 0 Å². The molecule has 5 heteroatoms. The zero-order chi connectivity index (χ0) is 13.0. The van der Waals surface area contributed by atoms with Gasteiger partial charge in [0.05, 0.1) is 12.2 Å².